The van der Waals surface area contributed by atoms with Crippen LogP contribution in [0.2, 0.25) is 5.02 Å². The van der Waals surface area contributed by atoms with Crippen LogP contribution >= 0.6 is 11.6 Å². The highest BCUT2D eigenvalue weighted by Gasteiger charge is 2.63. The zero-order valence-electron chi connectivity index (χ0n) is 17.4. The Hall–Kier alpha value is -3.16. The van der Waals surface area contributed by atoms with Gasteiger partial charge in [0, 0.05) is 23.5 Å². The maximum absolute atomic E-state index is 13.6. The fraction of sp³-hybridized carbons (Fsp3) is 0.292. The van der Waals surface area contributed by atoms with Crippen LogP contribution in [0.15, 0.2) is 54.6 Å². The van der Waals surface area contributed by atoms with Crippen molar-refractivity contribution in [3.63, 3.8) is 0 Å². The minimum absolute atomic E-state index is 0.180. The van der Waals surface area contributed by atoms with Crippen molar-refractivity contribution < 1.29 is 19.1 Å². The molecule has 8 heteroatoms. The molecule has 0 bridgehead atoms. The van der Waals surface area contributed by atoms with E-state index in [1.165, 1.54) is 12.0 Å². The van der Waals surface area contributed by atoms with Gasteiger partial charge in [-0.2, -0.15) is 0 Å². The fourth-order valence-corrected chi connectivity index (χ4v) is 5.15. The predicted octanol–water partition coefficient (Wildman–Crippen LogP) is 2.81. The Morgan fingerprint density at radius 3 is 2.53 bits per heavy atom. The van der Waals surface area contributed by atoms with E-state index in [0.717, 1.165) is 11.3 Å². The molecule has 2 aromatic carbocycles. The van der Waals surface area contributed by atoms with Gasteiger partial charge in [-0.1, -0.05) is 42.0 Å². The molecular formula is C24H22ClN3O4. The molecule has 2 fully saturated rings. The minimum atomic E-state index is -0.823. The summed E-state index contributed by atoms with van der Waals surface area (Å²) in [5, 5.41) is 3.47. The second-order valence-corrected chi connectivity index (χ2v) is 8.57. The number of amides is 3. The van der Waals surface area contributed by atoms with Gasteiger partial charge in [-0.25, -0.2) is 0 Å². The van der Waals surface area contributed by atoms with Crippen LogP contribution in [-0.2, 0) is 19.1 Å². The van der Waals surface area contributed by atoms with Crippen LogP contribution in [0.1, 0.15) is 5.56 Å². The number of methoxy groups -OCH3 is 1. The molecular weight excluding hydrogens is 430 g/mol. The molecule has 3 amide bonds. The van der Waals surface area contributed by atoms with Gasteiger partial charge in [0.1, 0.15) is 6.04 Å². The summed E-state index contributed by atoms with van der Waals surface area (Å²) in [7, 11) is 1.52. The number of fused-ring (bicyclic) bond motifs is 5. The molecule has 4 unspecified atom stereocenters. The average molecular weight is 452 g/mol. The van der Waals surface area contributed by atoms with Crippen molar-refractivity contribution in [1.82, 2.24) is 4.90 Å². The largest absolute Gasteiger partial charge is 0.383 e. The third-order valence-corrected chi connectivity index (χ3v) is 6.66. The first kappa shape index (κ1) is 20.7. The van der Waals surface area contributed by atoms with Gasteiger partial charge in [0.2, 0.25) is 17.7 Å². The highest BCUT2D eigenvalue weighted by molar-refractivity contribution is 6.30. The number of nitrogens with zero attached hydrogens (tertiary/aromatic N) is 2. The number of imide groups is 1. The van der Waals surface area contributed by atoms with Crippen LogP contribution in [0.5, 0.6) is 0 Å². The van der Waals surface area contributed by atoms with Crippen molar-refractivity contribution in [1.29, 1.82) is 0 Å². The number of anilines is 2. The van der Waals surface area contributed by atoms with E-state index in [9.17, 15) is 14.4 Å². The maximum Gasteiger partial charge on any atom is 0.247 e. The molecule has 2 aromatic rings. The van der Waals surface area contributed by atoms with E-state index in [1.54, 1.807) is 24.3 Å². The number of ether oxygens (including phenoxy) is 1. The summed E-state index contributed by atoms with van der Waals surface area (Å²) in [5.74, 6) is -2.30. The Kier molecular flexibility index (Phi) is 5.23. The van der Waals surface area contributed by atoms with E-state index in [2.05, 4.69) is 5.32 Å². The second kappa shape index (κ2) is 8.07. The predicted molar refractivity (Wildman–Crippen MR) is 121 cm³/mol. The van der Waals surface area contributed by atoms with Crippen LogP contribution in [0.4, 0.5) is 11.4 Å². The van der Waals surface area contributed by atoms with Crippen molar-refractivity contribution in [2.75, 3.05) is 30.5 Å². The zero-order valence-corrected chi connectivity index (χ0v) is 18.2. The summed E-state index contributed by atoms with van der Waals surface area (Å²) in [4.78, 5) is 43.4. The number of carbonyl (C=O) groups is 3. The van der Waals surface area contributed by atoms with Crippen LogP contribution in [0.25, 0.3) is 6.08 Å². The summed E-state index contributed by atoms with van der Waals surface area (Å²) in [6.07, 6.45) is 3.89. The van der Waals surface area contributed by atoms with Gasteiger partial charge in [-0.3, -0.25) is 19.3 Å². The molecule has 7 nitrogen and oxygen atoms in total. The third-order valence-electron chi connectivity index (χ3n) is 6.41. The zero-order chi connectivity index (χ0) is 22.4. The number of hydrogen-bond donors (Lipinski definition) is 1. The van der Waals surface area contributed by atoms with E-state index in [1.807, 2.05) is 41.3 Å². The Bertz CT molecular complexity index is 1120. The molecule has 2 saturated heterocycles. The van der Waals surface area contributed by atoms with Crippen molar-refractivity contribution in [3.05, 3.63) is 65.2 Å². The number of rotatable bonds is 5. The first-order valence-electron chi connectivity index (χ1n) is 10.5. The van der Waals surface area contributed by atoms with Crippen molar-refractivity contribution >= 4 is 46.8 Å². The molecule has 3 aliphatic heterocycles. The first-order chi connectivity index (χ1) is 15.5. The standard InChI is InChI=1S/C24H22ClN3O4/c1-32-13-12-27-23(30)19-18-11-6-14-4-2-3-5-17(14)28(18)21(20(19)24(27)31)22(29)26-16-9-7-15(25)8-10-16/h2-11,18-21H,12-13H2,1H3,(H,26,29). The molecule has 0 radical (unpaired) electrons. The lowest BCUT2D eigenvalue weighted by molar-refractivity contribution is -0.141. The van der Waals surface area contributed by atoms with E-state index < -0.39 is 17.9 Å². The van der Waals surface area contributed by atoms with Crippen molar-refractivity contribution in [3.8, 4) is 0 Å². The Labute approximate surface area is 190 Å². The second-order valence-electron chi connectivity index (χ2n) is 8.13. The number of benzene rings is 2. The Morgan fingerprint density at radius 1 is 1.06 bits per heavy atom. The van der Waals surface area contributed by atoms with Gasteiger partial charge in [-0.05, 0) is 35.9 Å². The molecule has 0 saturated carbocycles. The molecule has 1 N–H and O–H groups in total. The number of halogens is 1. The molecule has 164 valence electrons. The Balaban J connectivity index is 1.55. The number of nitrogens with one attached hydrogen (secondary N) is 1. The molecule has 3 heterocycles. The van der Waals surface area contributed by atoms with Gasteiger partial charge < -0.3 is 15.0 Å². The van der Waals surface area contributed by atoms with Crippen LogP contribution in [0.3, 0.4) is 0 Å². The fourth-order valence-electron chi connectivity index (χ4n) is 5.03. The average Bonchev–Trinajstić information content (AvgIpc) is 3.27. The quantitative estimate of drug-likeness (QED) is 0.707. The summed E-state index contributed by atoms with van der Waals surface area (Å²) in [6, 6.07) is 13.3. The van der Waals surface area contributed by atoms with Gasteiger partial charge in [-0.15, -0.1) is 0 Å². The maximum atomic E-state index is 13.6. The van der Waals surface area contributed by atoms with Gasteiger partial charge in [0.15, 0.2) is 0 Å². The SMILES string of the molecule is COCCN1C(=O)C2C(C1=O)C(C(=O)Nc1ccc(Cl)cc1)N1c3ccccc3C=CC21. The molecule has 3 aliphatic rings. The van der Waals surface area contributed by atoms with E-state index in [4.69, 9.17) is 16.3 Å². The van der Waals surface area contributed by atoms with Crippen molar-refractivity contribution in [2.45, 2.75) is 12.1 Å². The summed E-state index contributed by atoms with van der Waals surface area (Å²) >= 11 is 5.96. The monoisotopic (exact) mass is 451 g/mol. The topological polar surface area (TPSA) is 78.9 Å². The molecule has 32 heavy (non-hydrogen) atoms. The molecule has 0 aliphatic carbocycles. The lowest BCUT2D eigenvalue weighted by Gasteiger charge is -2.36. The van der Waals surface area contributed by atoms with E-state index in [-0.39, 0.29) is 36.9 Å². The van der Waals surface area contributed by atoms with Gasteiger partial charge in [0.25, 0.3) is 0 Å². The summed E-state index contributed by atoms with van der Waals surface area (Å²) in [5.41, 5.74) is 2.37. The molecule has 0 spiro atoms. The number of carbonyl (C=O) groups excluding carboxylic acids is 3. The molecule has 4 atom stereocenters. The van der Waals surface area contributed by atoms with Crippen LogP contribution < -0.4 is 10.2 Å². The summed E-state index contributed by atoms with van der Waals surface area (Å²) in [6.45, 7) is 0.436. The van der Waals surface area contributed by atoms with Crippen LogP contribution in [-0.4, -0.2) is 55.0 Å². The summed E-state index contributed by atoms with van der Waals surface area (Å²) < 4.78 is 5.08. The van der Waals surface area contributed by atoms with Gasteiger partial charge >= 0.3 is 0 Å². The molecule has 5 rings (SSSR count). The lowest BCUT2D eigenvalue weighted by atomic mass is 9.88. The highest BCUT2D eigenvalue weighted by Crippen LogP contribution is 2.48. The van der Waals surface area contributed by atoms with E-state index in [0.29, 0.717) is 10.7 Å². The van der Waals surface area contributed by atoms with Crippen LogP contribution in [0, 0.1) is 11.8 Å². The normalized spacial score (nSPS) is 25.6. The number of para-hydroxylation sites is 1. The van der Waals surface area contributed by atoms with Crippen molar-refractivity contribution in [2.24, 2.45) is 11.8 Å². The first-order valence-corrected chi connectivity index (χ1v) is 10.8. The number of hydrogen-bond acceptors (Lipinski definition) is 5. The smallest absolute Gasteiger partial charge is 0.247 e. The minimum Gasteiger partial charge on any atom is -0.383 e. The third kappa shape index (κ3) is 3.20. The molecule has 0 aromatic heterocycles. The van der Waals surface area contributed by atoms with Gasteiger partial charge in [0.05, 0.1) is 31.0 Å². The Morgan fingerprint density at radius 2 is 1.78 bits per heavy atom. The highest BCUT2D eigenvalue weighted by atomic mass is 35.5. The van der Waals surface area contributed by atoms with E-state index >= 15 is 0 Å². The lowest BCUT2D eigenvalue weighted by Crippen LogP contribution is -2.50. The number of likely N-dealkylation sites (tertiary alicyclic amines) is 1.